The molecule has 0 aliphatic carbocycles. The number of H-pyrrole nitrogens is 1. The van der Waals surface area contributed by atoms with Gasteiger partial charge in [0.1, 0.15) is 78.5 Å². The van der Waals surface area contributed by atoms with Crippen molar-refractivity contribution < 1.29 is 112 Å². The fourth-order valence-electron chi connectivity index (χ4n) is 11.9. The summed E-state index contributed by atoms with van der Waals surface area (Å²) >= 11 is 0. The summed E-state index contributed by atoms with van der Waals surface area (Å²) in [5.74, 6) is -21.5. The molecule has 15 unspecified atom stereocenters. The number of aromatic amines is 1. The second-order valence-corrected chi connectivity index (χ2v) is 28.2. The van der Waals surface area contributed by atoms with Crippen molar-refractivity contribution in [1.82, 2.24) is 68.4 Å². The molecular weight excluding hydrogens is 1480 g/mol. The zero-order chi connectivity index (χ0) is 84.8. The molecule has 1 aliphatic rings. The number of aliphatic carboxylic acids is 2. The fourth-order valence-corrected chi connectivity index (χ4v) is 11.9. The number of cyclic esters (lactones) is 1. The summed E-state index contributed by atoms with van der Waals surface area (Å²) in [7, 11) is 2.13. The summed E-state index contributed by atoms with van der Waals surface area (Å²) in [6.45, 7) is 6.46. The Hall–Kier alpha value is -10.5. The summed E-state index contributed by atoms with van der Waals surface area (Å²) in [5, 5.41) is 78.6. The number of hydrogen-bond acceptors (Lipinski definition) is 25. The lowest BCUT2D eigenvalue weighted by Crippen LogP contribution is -2.64. The number of methoxy groups -OCH3 is 1. The molecule has 1 aromatic heterocycles. The SMILES string of the molecule is CCC(C)C1NC(=O)C(CCC(=O)O)NC(=O)C(CC(N)=O)NC(=O)CNC(=O)C(C(CO)OC)NC(=O)C(CCCCN)NC(=O)C(CCO)NC(=O)C(C)N=C(N)CN(C)C(=O)C(NC(=O)C(NC(=O)C(CCC(=O)O)NC(=O)C(Cc2c[nH]c3ccccc23)NCCCCCCCC(C)C)C(O)C(N)=O)C(C)OC1=O. The van der Waals surface area contributed by atoms with Crippen molar-refractivity contribution in [3.63, 3.8) is 0 Å². The lowest BCUT2D eigenvalue weighted by atomic mass is 9.98. The van der Waals surface area contributed by atoms with Crippen molar-refractivity contribution in [2.75, 3.05) is 53.6 Å². The number of hydrogen-bond donors (Lipinski definition) is 21. The van der Waals surface area contributed by atoms with Crippen LogP contribution < -0.4 is 81.4 Å². The number of esters is 1. The molecule has 0 saturated heterocycles. The molecule has 3 rings (SSSR count). The minimum absolute atomic E-state index is 0.0331. The van der Waals surface area contributed by atoms with E-state index in [2.05, 4.69) is 82.3 Å². The summed E-state index contributed by atoms with van der Waals surface area (Å²) in [6.07, 6.45) is -3.12. The molecule has 2 heterocycles. The van der Waals surface area contributed by atoms with Gasteiger partial charge in [0.15, 0.2) is 6.10 Å². The third kappa shape index (κ3) is 33.4. The third-order valence-corrected chi connectivity index (χ3v) is 18.7. The Morgan fingerprint density at radius 3 is 1.89 bits per heavy atom. The largest absolute Gasteiger partial charge is 0.481 e. The number of rotatable bonds is 38. The lowest BCUT2D eigenvalue weighted by Gasteiger charge is -2.32. The predicted octanol–water partition coefficient (Wildman–Crippen LogP) is -5.69. The van der Waals surface area contributed by atoms with Gasteiger partial charge < -0.3 is 126 Å². The number of carbonyl (C=O) groups is 16. The Bertz CT molecular complexity index is 3590. The number of aromatic nitrogens is 1. The van der Waals surface area contributed by atoms with Crippen molar-refractivity contribution in [3.8, 4) is 0 Å². The maximum atomic E-state index is 15.1. The maximum absolute atomic E-state index is 15.1. The van der Waals surface area contributed by atoms with Crippen molar-refractivity contribution in [1.29, 1.82) is 0 Å². The normalized spacial score (nSPS) is 22.3. The Balaban J connectivity index is 2.27. The first-order chi connectivity index (χ1) is 53.4. The summed E-state index contributed by atoms with van der Waals surface area (Å²) < 4.78 is 11.1. The molecule has 1 aromatic carbocycles. The van der Waals surface area contributed by atoms with Gasteiger partial charge >= 0.3 is 17.9 Å². The molecule has 0 bridgehead atoms. The Kier molecular flexibility index (Phi) is 42.6. The van der Waals surface area contributed by atoms with Crippen LogP contribution in [0.2, 0.25) is 0 Å². The number of nitrogens with one attached hydrogen (secondary N) is 12. The van der Waals surface area contributed by atoms with Gasteiger partial charge in [-0.25, -0.2) is 4.79 Å². The van der Waals surface area contributed by atoms with Crippen LogP contribution in [0.3, 0.4) is 0 Å². The number of amidine groups is 1. The number of carboxylic acids is 2. The van der Waals surface area contributed by atoms with Gasteiger partial charge in [0.25, 0.3) is 0 Å². The topological polar surface area (TPSA) is 661 Å². The van der Waals surface area contributed by atoms with Crippen molar-refractivity contribution in [3.05, 3.63) is 36.0 Å². The van der Waals surface area contributed by atoms with E-state index in [1.165, 1.54) is 13.8 Å². The van der Waals surface area contributed by atoms with Gasteiger partial charge in [-0.2, -0.15) is 0 Å². The molecule has 41 heteroatoms. The number of primary amides is 2. The molecule has 15 atom stereocenters. The first kappa shape index (κ1) is 96.7. The van der Waals surface area contributed by atoms with Gasteiger partial charge in [0, 0.05) is 50.7 Å². The number of fused-ring (bicyclic) bond motifs is 1. The number of amides is 13. The van der Waals surface area contributed by atoms with E-state index in [0.717, 1.165) is 69.0 Å². The van der Waals surface area contributed by atoms with Crippen LogP contribution in [0, 0.1) is 11.8 Å². The minimum atomic E-state index is -2.70. The number of nitrogens with two attached hydrogens (primary N) is 4. The van der Waals surface area contributed by atoms with Gasteiger partial charge in [0.05, 0.1) is 32.2 Å². The number of nitrogens with zero attached hydrogens (tertiary/aromatic N) is 2. The van der Waals surface area contributed by atoms with E-state index in [1.807, 2.05) is 18.2 Å². The molecule has 0 fully saturated rings. The van der Waals surface area contributed by atoms with Crippen molar-refractivity contribution >= 4 is 111 Å². The van der Waals surface area contributed by atoms with Crippen LogP contribution >= 0.6 is 0 Å². The quantitative estimate of drug-likeness (QED) is 0.0220. The first-order valence-electron chi connectivity index (χ1n) is 37.6. The van der Waals surface area contributed by atoms with E-state index in [1.54, 1.807) is 19.2 Å². The Labute approximate surface area is 654 Å². The Morgan fingerprint density at radius 2 is 1.29 bits per heavy atom. The van der Waals surface area contributed by atoms with E-state index in [0.29, 0.717) is 30.9 Å². The van der Waals surface area contributed by atoms with Gasteiger partial charge in [-0.3, -0.25) is 76.9 Å². The highest BCUT2D eigenvalue weighted by atomic mass is 16.5. The standard InChI is InChI=1S/C72H116N18O23/c1-9-38(4)56-72(111)113-40(6)57(87-70(109)59(60(99)61(76)100)89-66(105)46(24-26-55(97)98)84-67(106)48(77-29-18-12-10-11-13-19-37(2)3)31-41-33-78-43-21-15-14-20-42(41)43)71(110)90(7)35-51(74)80-39(5)62(101)82-47(27-30-91)63(102)83-44(22-16-17-28-73)64(103)88-58(50(36-92)112-8)69(108)79-34-53(94)81-49(32-52(75)93)68(107)85-45(65(104)86-56)23-25-54(95)96/h14-15,20-21,33,37-40,44-50,56-60,77-78,91-92,99H,9-13,16-19,22-32,34-36,73H2,1-8H3,(H2,74,80)(H2,75,93)(H2,76,100)(H,79,108)(H,81,94)(H,82,101)(H,83,102)(H,84,106)(H,85,107)(H,86,104)(H,87,109)(H,88,103)(H,89,105)(H,95,96)(H,97,98). The third-order valence-electron chi connectivity index (χ3n) is 18.7. The number of para-hydroxylation sites is 1. The highest BCUT2D eigenvalue weighted by Gasteiger charge is 2.43. The second-order valence-electron chi connectivity index (χ2n) is 28.2. The van der Waals surface area contributed by atoms with Crippen LogP contribution in [-0.4, -0.2) is 274 Å². The van der Waals surface area contributed by atoms with Crippen LogP contribution in [0.15, 0.2) is 35.5 Å². The second kappa shape index (κ2) is 49.8. The zero-order valence-electron chi connectivity index (χ0n) is 65.2. The summed E-state index contributed by atoms with van der Waals surface area (Å²) in [4.78, 5) is 230. The van der Waals surface area contributed by atoms with Crippen molar-refractivity contribution in [2.45, 2.75) is 235 Å². The number of aliphatic imine (C=N–C) groups is 1. The van der Waals surface area contributed by atoms with Gasteiger partial charge in [0.2, 0.25) is 76.8 Å². The average Bonchev–Trinajstić information content (AvgIpc) is 1.79. The predicted molar refractivity (Wildman–Crippen MR) is 406 cm³/mol. The summed E-state index contributed by atoms with van der Waals surface area (Å²) in [6, 6.07) is -12.8. The maximum Gasteiger partial charge on any atom is 0.329 e. The number of unbranched alkanes of at least 4 members (excludes halogenated alkanes) is 5. The molecular formula is C72H116N18O23. The van der Waals surface area contributed by atoms with E-state index in [-0.39, 0.29) is 32.2 Å². The monoisotopic (exact) mass is 1600 g/mol. The molecule has 2 aromatic rings. The minimum Gasteiger partial charge on any atom is -0.481 e. The fraction of sp³-hybridized carbons (Fsp3) is 0.653. The smallest absolute Gasteiger partial charge is 0.329 e. The molecule has 13 amide bonds. The number of aliphatic hydroxyl groups excluding tert-OH is 3. The first-order valence-corrected chi connectivity index (χ1v) is 37.6. The number of likely N-dealkylation sites (N-methyl/N-ethyl adjacent to an activating group) is 1. The van der Waals surface area contributed by atoms with E-state index in [4.69, 9.17) is 32.4 Å². The molecule has 0 spiro atoms. The van der Waals surface area contributed by atoms with Crippen molar-refractivity contribution in [2.24, 2.45) is 39.8 Å². The number of carbonyl (C=O) groups excluding carboxylic acids is 14. The highest BCUT2D eigenvalue weighted by molar-refractivity contribution is 6.01. The summed E-state index contributed by atoms with van der Waals surface area (Å²) in [5.41, 5.74) is 24.5. The van der Waals surface area contributed by atoms with Crippen LogP contribution in [0.1, 0.15) is 150 Å². The number of ether oxygens (including phenoxy) is 2. The van der Waals surface area contributed by atoms with Crippen LogP contribution in [-0.2, 0) is 92.6 Å². The zero-order valence-corrected chi connectivity index (χ0v) is 65.2. The van der Waals surface area contributed by atoms with Gasteiger partial charge in [-0.15, -0.1) is 0 Å². The molecule has 113 heavy (non-hydrogen) atoms. The average molecular weight is 1600 g/mol. The molecule has 1 aliphatic heterocycles. The molecule has 0 saturated carbocycles. The number of aliphatic hydroxyl groups is 3. The van der Waals surface area contributed by atoms with Crippen LogP contribution in [0.25, 0.3) is 10.9 Å². The molecule has 41 nitrogen and oxygen atoms in total. The number of carboxylic acid groups (broad SMARTS) is 2. The highest BCUT2D eigenvalue weighted by Crippen LogP contribution is 2.21. The molecule has 25 N–H and O–H groups in total. The van der Waals surface area contributed by atoms with Gasteiger partial charge in [-0.05, 0) is 102 Å². The van der Waals surface area contributed by atoms with Crippen LogP contribution in [0.4, 0.5) is 0 Å². The van der Waals surface area contributed by atoms with E-state index >= 15 is 4.79 Å². The van der Waals surface area contributed by atoms with E-state index in [9.17, 15) is 97.5 Å². The van der Waals surface area contributed by atoms with Gasteiger partial charge in [-0.1, -0.05) is 84.4 Å². The van der Waals surface area contributed by atoms with E-state index < -0.39 is 256 Å². The van der Waals surface area contributed by atoms with Crippen LogP contribution in [0.5, 0.6) is 0 Å². The molecule has 632 valence electrons. The Morgan fingerprint density at radius 1 is 0.699 bits per heavy atom. The number of benzene rings is 1. The lowest BCUT2D eigenvalue weighted by molar-refractivity contribution is -0.159. The molecule has 0 radical (unpaired) electrons.